The van der Waals surface area contributed by atoms with Crippen molar-refractivity contribution in [1.29, 1.82) is 0 Å². The van der Waals surface area contributed by atoms with E-state index in [1.54, 1.807) is 12.1 Å². The third-order valence-electron chi connectivity index (χ3n) is 4.40. The fourth-order valence-electron chi connectivity index (χ4n) is 2.98. The fourth-order valence-corrected chi connectivity index (χ4v) is 3.89. The molecule has 8 heteroatoms. The Morgan fingerprint density at radius 1 is 1.08 bits per heavy atom. The van der Waals surface area contributed by atoms with Crippen LogP contribution < -0.4 is 10.6 Å². The number of carbonyl (C=O) groups excluding carboxylic acids is 2. The van der Waals surface area contributed by atoms with Crippen LogP contribution in [0.1, 0.15) is 15.9 Å². The van der Waals surface area contributed by atoms with Gasteiger partial charge in [0.05, 0.1) is 4.90 Å². The minimum atomic E-state index is -3.58. The highest BCUT2D eigenvalue weighted by atomic mass is 32.2. The lowest BCUT2D eigenvalue weighted by Crippen LogP contribution is -2.46. The van der Waals surface area contributed by atoms with Crippen LogP contribution in [0.25, 0.3) is 0 Å². The number of fused-ring (bicyclic) bond motifs is 1. The van der Waals surface area contributed by atoms with Crippen molar-refractivity contribution in [3.63, 3.8) is 0 Å². The maximum atomic E-state index is 13.0. The van der Waals surface area contributed by atoms with E-state index in [9.17, 15) is 18.0 Å². The number of nitrogens with zero attached hydrogens (tertiary/aromatic N) is 2. The average molecular weight is 373 g/mol. The molecule has 1 heterocycles. The highest BCUT2D eigenvalue weighted by Gasteiger charge is 2.37. The zero-order chi connectivity index (χ0) is 19.1. The molecule has 136 valence electrons. The van der Waals surface area contributed by atoms with Gasteiger partial charge in [0.25, 0.3) is 5.91 Å². The van der Waals surface area contributed by atoms with Gasteiger partial charge in [-0.2, -0.15) is 0 Å². The summed E-state index contributed by atoms with van der Waals surface area (Å²) in [6.45, 7) is 0. The first-order valence-electron chi connectivity index (χ1n) is 7.97. The molecule has 7 nitrogen and oxygen atoms in total. The van der Waals surface area contributed by atoms with E-state index in [-0.39, 0.29) is 10.5 Å². The molecule has 0 fully saturated rings. The molecule has 0 spiro atoms. The van der Waals surface area contributed by atoms with Crippen molar-refractivity contribution in [2.45, 2.75) is 17.4 Å². The van der Waals surface area contributed by atoms with Crippen LogP contribution in [-0.4, -0.2) is 44.7 Å². The molecule has 0 unspecified atom stereocenters. The normalized spacial score (nSPS) is 16.6. The summed E-state index contributed by atoms with van der Waals surface area (Å²) in [6, 6.07) is 12.1. The highest BCUT2D eigenvalue weighted by Crippen LogP contribution is 2.33. The highest BCUT2D eigenvalue weighted by molar-refractivity contribution is 7.89. The molecule has 2 N–H and O–H groups in total. The van der Waals surface area contributed by atoms with E-state index < -0.39 is 27.9 Å². The Morgan fingerprint density at radius 3 is 2.27 bits per heavy atom. The topological polar surface area (TPSA) is 101 Å². The minimum absolute atomic E-state index is 0.0901. The quantitative estimate of drug-likeness (QED) is 0.864. The molecule has 0 bridgehead atoms. The van der Waals surface area contributed by atoms with Gasteiger partial charge in [0, 0.05) is 31.8 Å². The summed E-state index contributed by atoms with van der Waals surface area (Å²) in [5.74, 6) is -0.978. The zero-order valence-electron chi connectivity index (χ0n) is 14.4. The number of hydrogen-bond donors (Lipinski definition) is 1. The molecule has 1 atom stereocenters. The van der Waals surface area contributed by atoms with Gasteiger partial charge < -0.3 is 5.73 Å². The van der Waals surface area contributed by atoms with Gasteiger partial charge in [-0.15, -0.1) is 0 Å². The average Bonchev–Trinajstić information content (AvgIpc) is 3.01. The number of benzene rings is 2. The van der Waals surface area contributed by atoms with Gasteiger partial charge >= 0.3 is 0 Å². The van der Waals surface area contributed by atoms with E-state index >= 15 is 0 Å². The van der Waals surface area contributed by atoms with Crippen molar-refractivity contribution < 1.29 is 18.0 Å². The smallest absolute Gasteiger partial charge is 0.259 e. The van der Waals surface area contributed by atoms with Crippen LogP contribution in [0, 0.1) is 0 Å². The van der Waals surface area contributed by atoms with Gasteiger partial charge in [0.1, 0.15) is 6.04 Å². The first-order chi connectivity index (χ1) is 12.2. The molecule has 2 amide bonds. The van der Waals surface area contributed by atoms with Gasteiger partial charge in [-0.25, -0.2) is 12.7 Å². The van der Waals surface area contributed by atoms with E-state index in [0.29, 0.717) is 12.1 Å². The summed E-state index contributed by atoms with van der Waals surface area (Å²) in [7, 11) is -0.702. The number of carbonyl (C=O) groups is 2. The van der Waals surface area contributed by atoms with Crippen molar-refractivity contribution in [1.82, 2.24) is 4.31 Å². The van der Waals surface area contributed by atoms with Crippen LogP contribution in [0.15, 0.2) is 53.4 Å². The first-order valence-corrected chi connectivity index (χ1v) is 9.41. The number of nitrogens with two attached hydrogens (primary N) is 1. The maximum Gasteiger partial charge on any atom is 0.259 e. The van der Waals surface area contributed by atoms with Crippen molar-refractivity contribution in [3.8, 4) is 0 Å². The summed E-state index contributed by atoms with van der Waals surface area (Å²) in [4.78, 5) is 26.3. The largest absolute Gasteiger partial charge is 0.368 e. The van der Waals surface area contributed by atoms with E-state index in [4.69, 9.17) is 5.73 Å². The standard InChI is InChI=1S/C18H19N3O4S/c1-20(2)26(24,25)14-9-7-12(8-10-14)18(23)21-15-6-4-3-5-13(15)11-16(21)17(19)22/h3-10,16H,11H2,1-2H3,(H2,19,22)/t16-/m1/s1. The van der Waals surface area contributed by atoms with E-state index in [2.05, 4.69) is 0 Å². The van der Waals surface area contributed by atoms with E-state index in [1.807, 2.05) is 12.1 Å². The molecule has 3 rings (SSSR count). The Morgan fingerprint density at radius 2 is 1.69 bits per heavy atom. The Bertz CT molecular complexity index is 968. The maximum absolute atomic E-state index is 13.0. The Balaban J connectivity index is 1.97. The molecular formula is C18H19N3O4S. The lowest BCUT2D eigenvalue weighted by Gasteiger charge is -2.23. The molecule has 2 aromatic carbocycles. The Labute approximate surface area is 152 Å². The molecule has 0 aliphatic carbocycles. The number of anilines is 1. The summed E-state index contributed by atoms with van der Waals surface area (Å²) in [6.07, 6.45) is 0.365. The molecule has 26 heavy (non-hydrogen) atoms. The minimum Gasteiger partial charge on any atom is -0.368 e. The van der Waals surface area contributed by atoms with Crippen LogP contribution in [0.2, 0.25) is 0 Å². The van der Waals surface area contributed by atoms with Crippen LogP contribution in [0.4, 0.5) is 5.69 Å². The molecule has 2 aromatic rings. The summed E-state index contributed by atoms with van der Waals surface area (Å²) >= 11 is 0. The number of rotatable bonds is 4. The van der Waals surface area contributed by atoms with Crippen LogP contribution in [0.5, 0.6) is 0 Å². The van der Waals surface area contributed by atoms with Crippen LogP contribution in [0.3, 0.4) is 0 Å². The van der Waals surface area contributed by atoms with Crippen molar-refractivity contribution >= 4 is 27.5 Å². The first kappa shape index (κ1) is 18.1. The Kier molecular flexibility index (Phi) is 4.55. The second-order valence-electron chi connectivity index (χ2n) is 6.24. The van der Waals surface area contributed by atoms with Gasteiger partial charge in [-0.1, -0.05) is 18.2 Å². The van der Waals surface area contributed by atoms with Crippen LogP contribution >= 0.6 is 0 Å². The molecule has 1 aliphatic rings. The summed E-state index contributed by atoms with van der Waals surface area (Å²) in [5, 5.41) is 0. The summed E-state index contributed by atoms with van der Waals surface area (Å²) < 4.78 is 25.4. The molecule has 0 radical (unpaired) electrons. The number of hydrogen-bond acceptors (Lipinski definition) is 4. The number of para-hydroxylation sites is 1. The van der Waals surface area contributed by atoms with Gasteiger partial charge in [0.15, 0.2) is 0 Å². The second-order valence-corrected chi connectivity index (χ2v) is 8.39. The van der Waals surface area contributed by atoms with Gasteiger partial charge in [-0.3, -0.25) is 14.5 Å². The van der Waals surface area contributed by atoms with Crippen LogP contribution in [-0.2, 0) is 21.2 Å². The van der Waals surface area contributed by atoms with Gasteiger partial charge in [0.2, 0.25) is 15.9 Å². The van der Waals surface area contributed by atoms with Crippen molar-refractivity contribution in [2.75, 3.05) is 19.0 Å². The number of primary amides is 1. The number of amides is 2. The van der Waals surface area contributed by atoms with Crippen molar-refractivity contribution in [3.05, 3.63) is 59.7 Å². The predicted octanol–water partition coefficient (Wildman–Crippen LogP) is 0.994. The molecular weight excluding hydrogens is 354 g/mol. The molecule has 1 aliphatic heterocycles. The zero-order valence-corrected chi connectivity index (χ0v) is 15.2. The lowest BCUT2D eigenvalue weighted by molar-refractivity contribution is -0.119. The van der Waals surface area contributed by atoms with E-state index in [1.165, 1.54) is 43.3 Å². The predicted molar refractivity (Wildman–Crippen MR) is 97.3 cm³/mol. The molecule has 0 aromatic heterocycles. The van der Waals surface area contributed by atoms with E-state index in [0.717, 1.165) is 9.87 Å². The molecule has 0 saturated heterocycles. The fraction of sp³-hybridized carbons (Fsp3) is 0.222. The number of sulfonamides is 1. The Hall–Kier alpha value is -2.71. The lowest BCUT2D eigenvalue weighted by atomic mass is 10.1. The second kappa shape index (κ2) is 6.54. The molecule has 0 saturated carbocycles. The van der Waals surface area contributed by atoms with Gasteiger partial charge in [-0.05, 0) is 35.9 Å². The monoisotopic (exact) mass is 373 g/mol. The third-order valence-corrected chi connectivity index (χ3v) is 6.23. The van der Waals surface area contributed by atoms with Crippen molar-refractivity contribution in [2.24, 2.45) is 5.73 Å². The summed E-state index contributed by atoms with van der Waals surface area (Å²) in [5.41, 5.74) is 7.28. The SMILES string of the molecule is CN(C)S(=O)(=O)c1ccc(C(=O)N2c3ccccc3C[C@@H]2C(N)=O)cc1. The third kappa shape index (κ3) is 2.97.